The van der Waals surface area contributed by atoms with Gasteiger partial charge in [-0.3, -0.25) is 19.3 Å². The van der Waals surface area contributed by atoms with Gasteiger partial charge in [0, 0.05) is 24.7 Å². The van der Waals surface area contributed by atoms with Crippen molar-refractivity contribution in [3.63, 3.8) is 0 Å². The topological polar surface area (TPSA) is 76.2 Å². The maximum absolute atomic E-state index is 12.7. The molecule has 28 heavy (non-hydrogen) atoms. The number of carbonyl (C=O) groups is 3. The molecule has 0 atom stereocenters. The quantitative estimate of drug-likeness (QED) is 0.650. The van der Waals surface area contributed by atoms with Crippen molar-refractivity contribution in [1.82, 2.24) is 9.80 Å². The van der Waals surface area contributed by atoms with E-state index < -0.39 is 11.1 Å². The van der Waals surface area contributed by atoms with Crippen LogP contribution in [0.2, 0.25) is 0 Å². The summed E-state index contributed by atoms with van der Waals surface area (Å²) in [6.45, 7) is 5.94. The second kappa shape index (κ2) is 9.14. The molecular formula is C20H24N2O5S. The molecule has 2 aliphatic heterocycles. The van der Waals surface area contributed by atoms with Crippen LogP contribution in [0.25, 0.3) is 6.08 Å². The molecule has 0 radical (unpaired) electrons. The van der Waals surface area contributed by atoms with E-state index in [0.29, 0.717) is 43.4 Å². The van der Waals surface area contributed by atoms with Crippen LogP contribution in [-0.4, -0.2) is 59.7 Å². The first-order chi connectivity index (χ1) is 13.5. The van der Waals surface area contributed by atoms with Crippen molar-refractivity contribution in [2.75, 3.05) is 32.8 Å². The van der Waals surface area contributed by atoms with Crippen LogP contribution in [0, 0.1) is 0 Å². The minimum absolute atomic E-state index is 0.183. The Hall–Kier alpha value is -2.48. The summed E-state index contributed by atoms with van der Waals surface area (Å²) in [6.07, 6.45) is 3.56. The summed E-state index contributed by atoms with van der Waals surface area (Å²) in [7, 11) is 0. The van der Waals surface area contributed by atoms with E-state index in [-0.39, 0.29) is 17.4 Å². The molecule has 3 rings (SSSR count). The number of benzene rings is 1. The van der Waals surface area contributed by atoms with Crippen molar-refractivity contribution in [1.29, 1.82) is 0 Å². The molecule has 0 bridgehead atoms. The molecule has 2 saturated heterocycles. The number of nitrogens with zero attached hydrogens (tertiary/aromatic N) is 2. The zero-order chi connectivity index (χ0) is 20.1. The first kappa shape index (κ1) is 20.3. The van der Waals surface area contributed by atoms with Crippen LogP contribution in [0.5, 0.6) is 11.5 Å². The first-order valence-electron chi connectivity index (χ1n) is 9.46. The van der Waals surface area contributed by atoms with Gasteiger partial charge in [0.1, 0.15) is 18.0 Å². The Morgan fingerprint density at radius 1 is 1.14 bits per heavy atom. The van der Waals surface area contributed by atoms with E-state index in [4.69, 9.17) is 9.47 Å². The number of hydrogen-bond acceptors (Lipinski definition) is 6. The Morgan fingerprint density at radius 2 is 1.86 bits per heavy atom. The Bertz CT molecular complexity index is 802. The van der Waals surface area contributed by atoms with Crippen LogP contribution in [0.15, 0.2) is 23.1 Å². The molecule has 0 saturated carbocycles. The van der Waals surface area contributed by atoms with E-state index in [0.717, 1.165) is 29.5 Å². The number of thioether (sulfide) groups is 1. The van der Waals surface area contributed by atoms with Gasteiger partial charge in [0.15, 0.2) is 0 Å². The summed E-state index contributed by atoms with van der Waals surface area (Å²) in [5, 5.41) is -0.423. The summed E-state index contributed by atoms with van der Waals surface area (Å²) in [4.78, 5) is 40.3. The lowest BCUT2D eigenvalue weighted by molar-refractivity contribution is -0.135. The van der Waals surface area contributed by atoms with Crippen molar-refractivity contribution >= 4 is 34.9 Å². The van der Waals surface area contributed by atoms with Gasteiger partial charge in [-0.05, 0) is 56.7 Å². The van der Waals surface area contributed by atoms with E-state index in [1.54, 1.807) is 29.2 Å². The summed E-state index contributed by atoms with van der Waals surface area (Å²) < 4.78 is 11.1. The number of hydrogen-bond donors (Lipinski definition) is 0. The van der Waals surface area contributed by atoms with Crippen LogP contribution >= 0.6 is 11.8 Å². The molecule has 0 unspecified atom stereocenters. The zero-order valence-electron chi connectivity index (χ0n) is 16.1. The van der Waals surface area contributed by atoms with E-state index in [1.807, 2.05) is 13.8 Å². The maximum Gasteiger partial charge on any atom is 0.294 e. The maximum atomic E-state index is 12.7. The van der Waals surface area contributed by atoms with E-state index in [1.165, 1.54) is 0 Å². The number of likely N-dealkylation sites (tertiary alicyclic amines) is 1. The van der Waals surface area contributed by atoms with Crippen LogP contribution in [0.3, 0.4) is 0 Å². The van der Waals surface area contributed by atoms with Gasteiger partial charge < -0.3 is 14.4 Å². The second-order valence-corrected chi connectivity index (χ2v) is 7.41. The third-order valence-corrected chi connectivity index (χ3v) is 5.42. The van der Waals surface area contributed by atoms with Crippen LogP contribution in [0.1, 0.15) is 32.3 Å². The lowest BCUT2D eigenvalue weighted by atomic mass is 10.1. The Labute approximate surface area is 168 Å². The average molecular weight is 404 g/mol. The van der Waals surface area contributed by atoms with Gasteiger partial charge >= 0.3 is 0 Å². The minimum atomic E-state index is -0.445. The molecule has 150 valence electrons. The van der Waals surface area contributed by atoms with Gasteiger partial charge in [-0.2, -0.15) is 0 Å². The highest BCUT2D eigenvalue weighted by Gasteiger charge is 2.37. The van der Waals surface area contributed by atoms with E-state index >= 15 is 0 Å². The summed E-state index contributed by atoms with van der Waals surface area (Å²) in [6, 6.07) is 5.35. The SMILES string of the molecule is CCOc1ccc(/C=C2/SC(=O)N(CC(=O)N3CCCC3)C2=O)c(OCC)c1. The van der Waals surface area contributed by atoms with Crippen molar-refractivity contribution in [2.24, 2.45) is 0 Å². The Morgan fingerprint density at radius 3 is 2.54 bits per heavy atom. The van der Waals surface area contributed by atoms with Crippen molar-refractivity contribution < 1.29 is 23.9 Å². The Kier molecular flexibility index (Phi) is 6.61. The van der Waals surface area contributed by atoms with Gasteiger partial charge in [0.05, 0.1) is 18.1 Å². The molecule has 2 aliphatic rings. The van der Waals surface area contributed by atoms with Gasteiger partial charge in [-0.25, -0.2) is 0 Å². The largest absolute Gasteiger partial charge is 0.494 e. The standard InChI is InChI=1S/C20H24N2O5S/c1-3-26-15-8-7-14(16(12-15)27-4-2)11-17-19(24)22(20(25)28-17)13-18(23)21-9-5-6-10-21/h7-8,11-12H,3-6,9-10,13H2,1-2H3/b17-11+. The average Bonchev–Trinajstić information content (AvgIpc) is 3.29. The second-order valence-electron chi connectivity index (χ2n) is 6.42. The highest BCUT2D eigenvalue weighted by atomic mass is 32.2. The Balaban J connectivity index is 1.78. The van der Waals surface area contributed by atoms with Gasteiger partial charge in [-0.15, -0.1) is 0 Å². The van der Waals surface area contributed by atoms with Crippen LogP contribution in [-0.2, 0) is 9.59 Å². The highest BCUT2D eigenvalue weighted by Crippen LogP contribution is 2.35. The van der Waals surface area contributed by atoms with Crippen molar-refractivity contribution in [2.45, 2.75) is 26.7 Å². The predicted octanol–water partition coefficient (Wildman–Crippen LogP) is 3.14. The fourth-order valence-electron chi connectivity index (χ4n) is 3.15. The lowest BCUT2D eigenvalue weighted by Gasteiger charge is -2.18. The summed E-state index contributed by atoms with van der Waals surface area (Å²) in [5.74, 6) is 0.622. The summed E-state index contributed by atoms with van der Waals surface area (Å²) in [5.41, 5.74) is 0.682. The van der Waals surface area contributed by atoms with Crippen molar-refractivity contribution in [3.05, 3.63) is 28.7 Å². The fourth-order valence-corrected chi connectivity index (χ4v) is 3.98. The lowest BCUT2D eigenvalue weighted by Crippen LogP contribution is -2.40. The minimum Gasteiger partial charge on any atom is -0.494 e. The molecule has 2 heterocycles. The first-order valence-corrected chi connectivity index (χ1v) is 10.3. The summed E-state index contributed by atoms with van der Waals surface area (Å²) >= 11 is 0.843. The molecule has 3 amide bonds. The smallest absolute Gasteiger partial charge is 0.294 e. The molecule has 0 aliphatic carbocycles. The van der Waals surface area contributed by atoms with Crippen LogP contribution < -0.4 is 9.47 Å². The third kappa shape index (κ3) is 4.49. The van der Waals surface area contributed by atoms with Crippen molar-refractivity contribution in [3.8, 4) is 11.5 Å². The monoisotopic (exact) mass is 404 g/mol. The highest BCUT2D eigenvalue weighted by molar-refractivity contribution is 8.18. The molecule has 1 aromatic carbocycles. The molecule has 0 spiro atoms. The van der Waals surface area contributed by atoms with Gasteiger partial charge in [-0.1, -0.05) is 0 Å². The number of rotatable bonds is 7. The number of ether oxygens (including phenoxy) is 2. The number of amides is 3. The normalized spacial score (nSPS) is 18.3. The molecule has 0 aromatic heterocycles. The molecule has 8 heteroatoms. The zero-order valence-corrected chi connectivity index (χ0v) is 16.9. The van der Waals surface area contributed by atoms with E-state index in [9.17, 15) is 14.4 Å². The third-order valence-electron chi connectivity index (χ3n) is 4.51. The van der Waals surface area contributed by atoms with Gasteiger partial charge in [0.2, 0.25) is 5.91 Å². The fraction of sp³-hybridized carbons (Fsp3) is 0.450. The molecule has 2 fully saturated rings. The molecular weight excluding hydrogens is 380 g/mol. The molecule has 0 N–H and O–H groups in total. The number of imide groups is 1. The molecule has 1 aromatic rings. The van der Waals surface area contributed by atoms with Crippen LogP contribution in [0.4, 0.5) is 4.79 Å². The van der Waals surface area contributed by atoms with Gasteiger partial charge in [0.25, 0.3) is 11.1 Å². The predicted molar refractivity (Wildman–Crippen MR) is 107 cm³/mol. The van der Waals surface area contributed by atoms with E-state index in [2.05, 4.69) is 0 Å². The molecule has 7 nitrogen and oxygen atoms in total. The number of carbonyl (C=O) groups excluding carboxylic acids is 3.